The van der Waals surface area contributed by atoms with E-state index in [4.69, 9.17) is 4.18 Å². The molecule has 0 fully saturated rings. The number of hydrogen-bond donors (Lipinski definition) is 4. The van der Waals surface area contributed by atoms with Crippen molar-refractivity contribution in [2.24, 2.45) is 0 Å². The largest absolute Gasteiger partial charge is 0.506 e. The van der Waals surface area contributed by atoms with Crippen LogP contribution in [0.15, 0.2) is 55.1 Å². The van der Waals surface area contributed by atoms with Crippen LogP contribution < -0.4 is 18.9 Å². The highest BCUT2D eigenvalue weighted by molar-refractivity contribution is 7.92. The number of aromatic hydroxyl groups is 1. The van der Waals surface area contributed by atoms with Gasteiger partial charge in [-0.2, -0.15) is 4.21 Å². The van der Waals surface area contributed by atoms with E-state index < -0.39 is 21.3 Å². The van der Waals surface area contributed by atoms with E-state index in [1.54, 1.807) is 12.1 Å². The van der Waals surface area contributed by atoms with E-state index in [2.05, 4.69) is 21.3 Å². The fraction of sp³-hybridized carbons (Fsp3) is 0.0625. The van der Waals surface area contributed by atoms with E-state index in [1.165, 1.54) is 24.3 Å². The zero-order valence-corrected chi connectivity index (χ0v) is 15.8. The van der Waals surface area contributed by atoms with Crippen molar-refractivity contribution in [3.63, 3.8) is 0 Å². The molecule has 2 aromatic rings. The Bertz CT molecular complexity index is 974. The Hall–Kier alpha value is -3.05. The predicted molar refractivity (Wildman–Crippen MR) is 104 cm³/mol. The molecule has 0 bridgehead atoms. The van der Waals surface area contributed by atoms with E-state index in [9.17, 15) is 22.5 Å². The molecule has 0 saturated heterocycles. The quantitative estimate of drug-likeness (QED) is 0.388. The molecule has 0 saturated carbocycles. The van der Waals surface area contributed by atoms with Gasteiger partial charge < -0.3 is 14.6 Å². The molecule has 1 atom stereocenters. The molecule has 2 rings (SSSR count). The van der Waals surface area contributed by atoms with Crippen molar-refractivity contribution >= 4 is 44.3 Å². The monoisotopic (exact) mass is 411 g/mol. The molecule has 0 aromatic heterocycles. The second-order valence-corrected chi connectivity index (χ2v) is 7.83. The predicted octanol–water partition coefficient (Wildman–Crippen LogP) is 1.96. The van der Waals surface area contributed by atoms with Crippen LogP contribution in [0, 0.1) is 0 Å². The number of carbonyl (C=O) groups excluding carboxylic acids is 1. The Kier molecular flexibility index (Phi) is 6.42. The van der Waals surface area contributed by atoms with Gasteiger partial charge >= 0.3 is 11.3 Å². The highest BCUT2D eigenvalue weighted by atomic mass is 32.2. The zero-order chi connectivity index (χ0) is 20.0. The highest BCUT2D eigenvalue weighted by Crippen LogP contribution is 2.28. The lowest BCUT2D eigenvalue weighted by Crippen LogP contribution is -2.12. The summed E-state index contributed by atoms with van der Waals surface area (Å²) in [6, 6.07) is 10.00. The molecular weight excluding hydrogens is 394 g/mol. The molecule has 1 amide bonds. The maximum atomic E-state index is 12.0. The van der Waals surface area contributed by atoms with Crippen LogP contribution in [-0.2, 0) is 26.1 Å². The van der Waals surface area contributed by atoms with E-state index in [0.717, 1.165) is 18.4 Å². The summed E-state index contributed by atoms with van der Waals surface area (Å²) in [4.78, 5) is 11.2. The Balaban J connectivity index is 1.99. The Morgan fingerprint density at radius 1 is 1.19 bits per heavy atom. The summed E-state index contributed by atoms with van der Waals surface area (Å²) in [5, 5.41) is 12.5. The number of amides is 1. The summed E-state index contributed by atoms with van der Waals surface area (Å²) in [6.45, 7) is 3.34. The lowest BCUT2D eigenvalue weighted by molar-refractivity contribution is -0.111. The van der Waals surface area contributed by atoms with Crippen molar-refractivity contribution in [1.82, 2.24) is 0 Å². The van der Waals surface area contributed by atoms with Crippen molar-refractivity contribution in [3.05, 3.63) is 55.1 Å². The summed E-state index contributed by atoms with van der Waals surface area (Å²) < 4.78 is 44.2. The van der Waals surface area contributed by atoms with Gasteiger partial charge in [0.05, 0.1) is 17.6 Å². The van der Waals surface area contributed by atoms with E-state index in [1.807, 2.05) is 0 Å². The van der Waals surface area contributed by atoms with Crippen LogP contribution in [0.3, 0.4) is 0 Å². The first-order valence-electron chi connectivity index (χ1n) is 7.37. The van der Waals surface area contributed by atoms with Crippen LogP contribution in [0.2, 0.25) is 0 Å². The van der Waals surface area contributed by atoms with Crippen molar-refractivity contribution in [2.45, 2.75) is 0 Å². The average molecular weight is 411 g/mol. The van der Waals surface area contributed by atoms with Crippen LogP contribution in [0.25, 0.3) is 0 Å². The average Bonchev–Trinajstić information content (AvgIpc) is 2.57. The number of nitrogens with one attached hydrogen (secondary N) is 3. The standard InChI is InChI=1S/C16H17N3O6S2/c1-3-16(21)17-11-4-7-13(8-5-11)25-26(22)18-14-9-6-12(10-15(14)20)19-27(2,23)24/h3-10,18-20H,1H2,2H3,(H,17,21). The number of anilines is 3. The molecule has 1 unspecified atom stereocenters. The number of phenolic OH excluding ortho intramolecular Hbond substituents is 1. The van der Waals surface area contributed by atoms with Crippen LogP contribution >= 0.6 is 0 Å². The molecule has 0 aliphatic carbocycles. The second kappa shape index (κ2) is 8.56. The maximum Gasteiger partial charge on any atom is 0.316 e. The van der Waals surface area contributed by atoms with Gasteiger partial charge in [-0.25, -0.2) is 8.42 Å². The third-order valence-corrected chi connectivity index (χ3v) is 4.31. The first kappa shape index (κ1) is 20.3. The highest BCUT2D eigenvalue weighted by Gasteiger charge is 2.10. The molecule has 0 heterocycles. The SMILES string of the molecule is C=CC(=O)Nc1ccc(OS(=O)Nc2ccc(NS(C)(=O)=O)cc2O)cc1. The summed E-state index contributed by atoms with van der Waals surface area (Å²) in [6.07, 6.45) is 2.11. The Labute approximate surface area is 158 Å². The summed E-state index contributed by atoms with van der Waals surface area (Å²) in [5.74, 6) is -0.423. The zero-order valence-electron chi connectivity index (χ0n) is 14.1. The minimum absolute atomic E-state index is 0.0854. The van der Waals surface area contributed by atoms with Gasteiger partial charge in [-0.05, 0) is 42.5 Å². The molecule has 11 heteroatoms. The molecule has 0 radical (unpaired) electrons. The van der Waals surface area contributed by atoms with Gasteiger partial charge in [-0.3, -0.25) is 14.2 Å². The molecule has 9 nitrogen and oxygen atoms in total. The number of phenols is 1. The van der Waals surface area contributed by atoms with Crippen molar-refractivity contribution in [3.8, 4) is 11.5 Å². The topological polar surface area (TPSA) is 134 Å². The summed E-state index contributed by atoms with van der Waals surface area (Å²) in [7, 11) is -3.48. The molecule has 2 aromatic carbocycles. The number of benzene rings is 2. The lowest BCUT2D eigenvalue weighted by atomic mass is 10.3. The minimum atomic E-state index is -3.48. The molecule has 144 valence electrons. The molecular formula is C16H17N3O6S2. The number of carbonyl (C=O) groups is 1. The van der Waals surface area contributed by atoms with Gasteiger partial charge in [0, 0.05) is 11.8 Å². The first-order chi connectivity index (χ1) is 12.7. The Morgan fingerprint density at radius 3 is 2.37 bits per heavy atom. The Morgan fingerprint density at radius 2 is 1.81 bits per heavy atom. The molecule has 4 N–H and O–H groups in total. The van der Waals surface area contributed by atoms with Gasteiger partial charge in [-0.1, -0.05) is 6.58 Å². The second-order valence-electron chi connectivity index (χ2n) is 5.24. The fourth-order valence-corrected chi connectivity index (χ4v) is 3.12. The van der Waals surface area contributed by atoms with Gasteiger partial charge in [0.15, 0.2) is 0 Å². The molecule has 0 aliphatic rings. The summed E-state index contributed by atoms with van der Waals surface area (Å²) in [5.41, 5.74) is 0.754. The molecule has 27 heavy (non-hydrogen) atoms. The van der Waals surface area contributed by atoms with Crippen LogP contribution in [0.4, 0.5) is 17.1 Å². The van der Waals surface area contributed by atoms with Crippen LogP contribution in [0.5, 0.6) is 11.5 Å². The van der Waals surface area contributed by atoms with Crippen molar-refractivity contribution in [1.29, 1.82) is 0 Å². The van der Waals surface area contributed by atoms with E-state index in [0.29, 0.717) is 5.69 Å². The number of rotatable bonds is 8. The fourth-order valence-electron chi connectivity index (χ4n) is 1.88. The third kappa shape index (κ3) is 6.64. The van der Waals surface area contributed by atoms with Crippen LogP contribution in [0.1, 0.15) is 0 Å². The van der Waals surface area contributed by atoms with Gasteiger partial charge in [0.1, 0.15) is 11.5 Å². The number of hydrogen-bond acceptors (Lipinski definition) is 6. The smallest absolute Gasteiger partial charge is 0.316 e. The maximum absolute atomic E-state index is 12.0. The third-order valence-electron chi connectivity index (χ3n) is 2.97. The minimum Gasteiger partial charge on any atom is -0.506 e. The number of sulfonamides is 1. The van der Waals surface area contributed by atoms with Gasteiger partial charge in [0.2, 0.25) is 15.9 Å². The van der Waals surface area contributed by atoms with E-state index in [-0.39, 0.29) is 28.8 Å². The molecule has 0 aliphatic heterocycles. The van der Waals surface area contributed by atoms with Crippen molar-refractivity contribution < 1.29 is 26.7 Å². The normalized spacial score (nSPS) is 11.9. The lowest BCUT2D eigenvalue weighted by Gasteiger charge is -2.11. The van der Waals surface area contributed by atoms with Crippen LogP contribution in [-0.4, -0.2) is 29.9 Å². The molecule has 0 spiro atoms. The first-order valence-corrected chi connectivity index (χ1v) is 10.3. The van der Waals surface area contributed by atoms with Gasteiger partial charge in [-0.15, -0.1) is 0 Å². The van der Waals surface area contributed by atoms with E-state index >= 15 is 0 Å². The van der Waals surface area contributed by atoms with Crippen molar-refractivity contribution in [2.75, 3.05) is 21.0 Å². The summed E-state index contributed by atoms with van der Waals surface area (Å²) >= 11 is -2.03. The van der Waals surface area contributed by atoms with Gasteiger partial charge in [0.25, 0.3) is 0 Å².